The maximum Gasteiger partial charge on any atom is 0.316 e. The first-order valence-corrected chi connectivity index (χ1v) is 6.58. The predicted molar refractivity (Wildman–Crippen MR) is 70.8 cm³/mol. The van der Waals surface area contributed by atoms with E-state index in [0.717, 1.165) is 19.3 Å². The van der Waals surface area contributed by atoms with Gasteiger partial charge in [0.25, 0.3) is 0 Å². The van der Waals surface area contributed by atoms with Crippen molar-refractivity contribution in [2.45, 2.75) is 51.9 Å². The van der Waals surface area contributed by atoms with E-state index in [4.69, 9.17) is 5.11 Å². The summed E-state index contributed by atoms with van der Waals surface area (Å²) in [5.41, 5.74) is 0. The van der Waals surface area contributed by atoms with Gasteiger partial charge in [0.15, 0.2) is 0 Å². The fourth-order valence-corrected chi connectivity index (χ4v) is 1.54. The van der Waals surface area contributed by atoms with Crippen LogP contribution in [0.5, 0.6) is 0 Å². The van der Waals surface area contributed by atoms with Gasteiger partial charge < -0.3 is 15.7 Å². The van der Waals surface area contributed by atoms with Crippen LogP contribution in [0.25, 0.3) is 0 Å². The van der Waals surface area contributed by atoms with Crippen molar-refractivity contribution in [3.05, 3.63) is 12.2 Å². The van der Waals surface area contributed by atoms with Gasteiger partial charge in [0.1, 0.15) is 6.73 Å². The molecule has 0 fully saturated rings. The molecule has 0 bridgehead atoms. The number of amides is 2. The van der Waals surface area contributed by atoms with Gasteiger partial charge in [-0.3, -0.25) is 0 Å². The first-order chi connectivity index (χ1) is 8.31. The Kier molecular flexibility index (Phi) is 12.2. The largest absolute Gasteiger partial charge is 0.376 e. The van der Waals surface area contributed by atoms with Crippen LogP contribution in [0.1, 0.15) is 51.9 Å². The topological polar surface area (TPSA) is 61.4 Å². The molecule has 0 saturated heterocycles. The van der Waals surface area contributed by atoms with Crippen LogP contribution in [0.15, 0.2) is 12.2 Å². The third-order valence-electron chi connectivity index (χ3n) is 2.48. The van der Waals surface area contributed by atoms with Gasteiger partial charge in [-0.15, -0.1) is 0 Å². The molecule has 0 atom stereocenters. The van der Waals surface area contributed by atoms with E-state index in [1.165, 1.54) is 25.7 Å². The Balaban J connectivity index is 3.08. The van der Waals surface area contributed by atoms with E-state index in [2.05, 4.69) is 29.7 Å². The lowest BCUT2D eigenvalue weighted by Crippen LogP contribution is -2.36. The molecule has 0 aromatic heterocycles. The number of hydrogen-bond donors (Lipinski definition) is 3. The van der Waals surface area contributed by atoms with Crippen LogP contribution in [-0.4, -0.2) is 24.4 Å². The number of allylic oxidation sites excluding steroid dienone is 2. The summed E-state index contributed by atoms with van der Waals surface area (Å²) in [6.45, 7) is 2.52. The van der Waals surface area contributed by atoms with E-state index in [-0.39, 0.29) is 12.8 Å². The summed E-state index contributed by atoms with van der Waals surface area (Å²) < 4.78 is 0. The predicted octanol–water partition coefficient (Wildman–Crippen LogP) is 2.54. The number of aliphatic hydroxyl groups is 1. The molecule has 0 radical (unpaired) electrons. The SMILES string of the molecule is CC/C=C/CCCCCCCNC(=O)NCO. The Morgan fingerprint density at radius 2 is 1.76 bits per heavy atom. The monoisotopic (exact) mass is 242 g/mol. The van der Waals surface area contributed by atoms with Crippen LogP contribution >= 0.6 is 0 Å². The lowest BCUT2D eigenvalue weighted by atomic mass is 10.1. The first-order valence-electron chi connectivity index (χ1n) is 6.58. The molecule has 0 aromatic carbocycles. The van der Waals surface area contributed by atoms with Crippen LogP contribution in [0.4, 0.5) is 4.79 Å². The lowest BCUT2D eigenvalue weighted by Gasteiger charge is -2.04. The zero-order chi connectivity index (χ0) is 12.8. The van der Waals surface area contributed by atoms with Gasteiger partial charge in [-0.2, -0.15) is 0 Å². The van der Waals surface area contributed by atoms with Gasteiger partial charge in [-0.05, 0) is 25.7 Å². The van der Waals surface area contributed by atoms with E-state index < -0.39 is 0 Å². The molecule has 0 aliphatic heterocycles. The second kappa shape index (κ2) is 13.0. The highest BCUT2D eigenvalue weighted by atomic mass is 16.3. The van der Waals surface area contributed by atoms with Crippen LogP contribution in [0.2, 0.25) is 0 Å². The highest BCUT2D eigenvalue weighted by Crippen LogP contribution is 2.05. The van der Waals surface area contributed by atoms with Crippen molar-refractivity contribution in [3.8, 4) is 0 Å². The van der Waals surface area contributed by atoms with E-state index in [9.17, 15) is 4.79 Å². The second-order valence-electron chi connectivity index (χ2n) is 4.03. The smallest absolute Gasteiger partial charge is 0.316 e. The van der Waals surface area contributed by atoms with E-state index in [0.29, 0.717) is 6.54 Å². The highest BCUT2D eigenvalue weighted by molar-refractivity contribution is 5.73. The van der Waals surface area contributed by atoms with Crippen molar-refractivity contribution in [1.29, 1.82) is 0 Å². The van der Waals surface area contributed by atoms with Crippen molar-refractivity contribution in [3.63, 3.8) is 0 Å². The fourth-order valence-electron chi connectivity index (χ4n) is 1.54. The first kappa shape index (κ1) is 16.0. The summed E-state index contributed by atoms with van der Waals surface area (Å²) in [5, 5.41) is 13.4. The van der Waals surface area contributed by atoms with Crippen molar-refractivity contribution in [2.24, 2.45) is 0 Å². The number of aliphatic hydroxyl groups excluding tert-OH is 1. The van der Waals surface area contributed by atoms with Crippen LogP contribution in [-0.2, 0) is 0 Å². The minimum atomic E-state index is -0.308. The normalized spacial score (nSPS) is 10.7. The Morgan fingerprint density at radius 3 is 2.47 bits per heavy atom. The van der Waals surface area contributed by atoms with Crippen LogP contribution < -0.4 is 10.6 Å². The number of hydrogen-bond acceptors (Lipinski definition) is 2. The summed E-state index contributed by atoms with van der Waals surface area (Å²) in [6, 6.07) is -0.294. The lowest BCUT2D eigenvalue weighted by molar-refractivity contribution is 0.217. The summed E-state index contributed by atoms with van der Waals surface area (Å²) in [4.78, 5) is 10.9. The van der Waals surface area contributed by atoms with Crippen molar-refractivity contribution in [1.82, 2.24) is 10.6 Å². The molecule has 4 nitrogen and oxygen atoms in total. The van der Waals surface area contributed by atoms with Gasteiger partial charge in [-0.25, -0.2) is 4.79 Å². The number of carbonyl (C=O) groups is 1. The molecule has 0 heterocycles. The minimum Gasteiger partial charge on any atom is -0.376 e. The van der Waals surface area contributed by atoms with Gasteiger partial charge in [0.05, 0.1) is 0 Å². The molecule has 3 N–H and O–H groups in total. The van der Waals surface area contributed by atoms with E-state index >= 15 is 0 Å². The van der Waals surface area contributed by atoms with E-state index in [1.54, 1.807) is 0 Å². The molecule has 0 aliphatic rings. The Hall–Kier alpha value is -1.03. The Labute approximate surface area is 104 Å². The summed E-state index contributed by atoms with van der Waals surface area (Å²) in [5.74, 6) is 0. The van der Waals surface area contributed by atoms with Gasteiger partial charge in [0.2, 0.25) is 0 Å². The molecular formula is C13H26N2O2. The third-order valence-corrected chi connectivity index (χ3v) is 2.48. The molecular weight excluding hydrogens is 216 g/mol. The van der Waals surface area contributed by atoms with Crippen molar-refractivity contribution >= 4 is 6.03 Å². The van der Waals surface area contributed by atoms with Gasteiger partial charge >= 0.3 is 6.03 Å². The number of nitrogens with one attached hydrogen (secondary N) is 2. The standard InChI is InChI=1S/C13H26N2O2/c1-2-3-4-5-6-7-8-9-10-11-14-13(17)15-12-16/h3-4,16H,2,5-12H2,1H3,(H2,14,15,17)/b4-3+. The molecule has 0 aromatic rings. The van der Waals surface area contributed by atoms with Gasteiger partial charge in [0, 0.05) is 6.54 Å². The van der Waals surface area contributed by atoms with Gasteiger partial charge in [-0.1, -0.05) is 38.3 Å². The van der Waals surface area contributed by atoms with Crippen LogP contribution in [0.3, 0.4) is 0 Å². The average molecular weight is 242 g/mol. The molecule has 0 unspecified atom stereocenters. The van der Waals surface area contributed by atoms with E-state index in [1.807, 2.05) is 0 Å². The Bertz CT molecular complexity index is 206. The minimum absolute atomic E-state index is 0.294. The number of carbonyl (C=O) groups excluding carboxylic acids is 1. The van der Waals surface area contributed by atoms with Crippen molar-refractivity contribution < 1.29 is 9.90 Å². The summed E-state index contributed by atoms with van der Waals surface area (Å²) in [6.07, 6.45) is 12.7. The third kappa shape index (κ3) is 12.9. The average Bonchev–Trinajstić information content (AvgIpc) is 2.32. The number of rotatable bonds is 10. The molecule has 0 spiro atoms. The molecule has 4 heteroatoms. The Morgan fingerprint density at radius 1 is 1.06 bits per heavy atom. The maximum atomic E-state index is 10.9. The zero-order valence-corrected chi connectivity index (χ0v) is 10.9. The quantitative estimate of drug-likeness (QED) is 0.313. The summed E-state index contributed by atoms with van der Waals surface area (Å²) in [7, 11) is 0. The number of urea groups is 1. The highest BCUT2D eigenvalue weighted by Gasteiger charge is 1.96. The molecule has 0 aliphatic carbocycles. The summed E-state index contributed by atoms with van der Waals surface area (Å²) >= 11 is 0. The maximum absolute atomic E-state index is 10.9. The molecule has 100 valence electrons. The molecule has 0 rings (SSSR count). The number of unbranched alkanes of at least 4 members (excludes halogenated alkanes) is 5. The molecule has 2 amide bonds. The fraction of sp³-hybridized carbons (Fsp3) is 0.769. The molecule has 17 heavy (non-hydrogen) atoms. The van der Waals surface area contributed by atoms with Crippen LogP contribution in [0, 0.1) is 0 Å². The molecule has 0 saturated carbocycles. The second-order valence-corrected chi connectivity index (χ2v) is 4.03. The zero-order valence-electron chi connectivity index (χ0n) is 10.9. The van der Waals surface area contributed by atoms with Crippen molar-refractivity contribution in [2.75, 3.05) is 13.3 Å².